The van der Waals surface area contributed by atoms with Crippen molar-refractivity contribution in [2.45, 2.75) is 6.04 Å². The van der Waals surface area contributed by atoms with Crippen LogP contribution in [0.15, 0.2) is 29.3 Å². The average Bonchev–Trinajstić information content (AvgIpc) is 3.09. The van der Waals surface area contributed by atoms with E-state index in [1.54, 1.807) is 23.9 Å². The molecule has 1 unspecified atom stereocenters. The van der Waals surface area contributed by atoms with Crippen LogP contribution in [0.4, 0.5) is 5.69 Å². The predicted octanol–water partition coefficient (Wildman–Crippen LogP) is 1.21. The Hall–Kier alpha value is -2.62. The predicted molar refractivity (Wildman–Crippen MR) is 82.6 cm³/mol. The molecule has 122 valence electrons. The maximum atomic E-state index is 10.7. The van der Waals surface area contributed by atoms with E-state index in [4.69, 9.17) is 19.8 Å². The molecule has 0 spiro atoms. The molecule has 2 aliphatic heterocycles. The van der Waals surface area contributed by atoms with Gasteiger partial charge in [0.1, 0.15) is 0 Å². The summed E-state index contributed by atoms with van der Waals surface area (Å²) in [4.78, 5) is 35.4. The molecular formula is C13H13N3O6S. The molecule has 0 radical (unpaired) electrons. The van der Waals surface area contributed by atoms with Crippen molar-refractivity contribution < 1.29 is 24.7 Å². The minimum Gasteiger partial charge on any atom is -0.473 e. The number of hydrogen-bond donors (Lipinski definition) is 2. The lowest BCUT2D eigenvalue weighted by molar-refractivity contribution is -0.384. The summed E-state index contributed by atoms with van der Waals surface area (Å²) in [6.07, 6.45) is 0. The van der Waals surface area contributed by atoms with Crippen molar-refractivity contribution >= 4 is 34.6 Å². The van der Waals surface area contributed by atoms with Gasteiger partial charge in [0.25, 0.3) is 5.69 Å². The Bertz CT molecular complexity index is 665. The number of amidine groups is 1. The molecule has 1 aromatic carbocycles. The van der Waals surface area contributed by atoms with Crippen LogP contribution in [0.25, 0.3) is 0 Å². The van der Waals surface area contributed by atoms with E-state index in [1.165, 1.54) is 6.07 Å². The topological polar surface area (TPSA) is 133 Å². The zero-order chi connectivity index (χ0) is 17.0. The number of nitro benzene ring substituents is 1. The first-order chi connectivity index (χ1) is 10.9. The summed E-state index contributed by atoms with van der Waals surface area (Å²) in [5.74, 6) is -2.55. The molecule has 0 amide bonds. The quantitative estimate of drug-likeness (QED) is 0.466. The van der Waals surface area contributed by atoms with Gasteiger partial charge in [0.05, 0.1) is 11.0 Å². The number of carboxylic acid groups (broad SMARTS) is 2. The van der Waals surface area contributed by atoms with Crippen molar-refractivity contribution in [2.24, 2.45) is 4.99 Å². The van der Waals surface area contributed by atoms with Crippen LogP contribution in [0.2, 0.25) is 0 Å². The third-order valence-corrected chi connectivity index (χ3v) is 4.18. The molecule has 2 aliphatic rings. The van der Waals surface area contributed by atoms with Gasteiger partial charge in [0, 0.05) is 31.0 Å². The Morgan fingerprint density at radius 1 is 1.35 bits per heavy atom. The highest BCUT2D eigenvalue weighted by molar-refractivity contribution is 8.14. The lowest BCUT2D eigenvalue weighted by Gasteiger charge is -2.12. The molecule has 23 heavy (non-hydrogen) atoms. The number of fused-ring (bicyclic) bond motifs is 1. The zero-order valence-electron chi connectivity index (χ0n) is 11.8. The molecule has 0 aliphatic carbocycles. The zero-order valence-corrected chi connectivity index (χ0v) is 12.6. The number of carboxylic acids is 2. The normalized spacial score (nSPS) is 18.5. The number of nitro groups is 1. The van der Waals surface area contributed by atoms with Gasteiger partial charge in [-0.15, -0.1) is 0 Å². The molecule has 1 atom stereocenters. The smallest absolute Gasteiger partial charge is 0.414 e. The van der Waals surface area contributed by atoms with Crippen LogP contribution in [0, 0.1) is 10.1 Å². The summed E-state index contributed by atoms with van der Waals surface area (Å²) >= 11 is 1.76. The first-order valence-corrected chi connectivity index (χ1v) is 7.53. The number of rotatable bonds is 2. The highest BCUT2D eigenvalue weighted by Gasteiger charge is 2.30. The van der Waals surface area contributed by atoms with E-state index in [0.717, 1.165) is 29.6 Å². The van der Waals surface area contributed by atoms with E-state index in [-0.39, 0.29) is 16.7 Å². The van der Waals surface area contributed by atoms with Crippen LogP contribution in [0.1, 0.15) is 11.6 Å². The Labute approximate surface area is 134 Å². The molecule has 0 saturated carbocycles. The van der Waals surface area contributed by atoms with E-state index in [1.807, 2.05) is 6.07 Å². The molecular weight excluding hydrogens is 326 g/mol. The molecule has 0 aromatic heterocycles. The lowest BCUT2D eigenvalue weighted by Crippen LogP contribution is -2.21. The first-order valence-electron chi connectivity index (χ1n) is 6.54. The van der Waals surface area contributed by atoms with Gasteiger partial charge >= 0.3 is 11.9 Å². The number of non-ortho nitro benzene ring substituents is 1. The van der Waals surface area contributed by atoms with E-state index < -0.39 is 11.9 Å². The van der Waals surface area contributed by atoms with Crippen LogP contribution in [0.3, 0.4) is 0 Å². The van der Waals surface area contributed by atoms with Crippen LogP contribution in [-0.4, -0.2) is 56.0 Å². The van der Waals surface area contributed by atoms with Gasteiger partial charge in [-0.3, -0.25) is 15.1 Å². The number of aliphatic carboxylic acids is 2. The standard InChI is InChI=1S/C11H11N3O2S.C2H2O4/c15-14(16)9-3-1-2-8(6-9)10-7-13-4-5-17-11(13)12-10;3-1(4)2(5)6/h1-3,6,10H,4-5,7H2;(H,3,4)(H,5,6). The highest BCUT2D eigenvalue weighted by atomic mass is 32.2. The fourth-order valence-corrected chi connectivity index (χ4v) is 3.18. The first kappa shape index (κ1) is 16.7. The number of carbonyl (C=O) groups is 2. The third-order valence-electron chi connectivity index (χ3n) is 3.17. The summed E-state index contributed by atoms with van der Waals surface area (Å²) in [7, 11) is 0. The molecule has 1 fully saturated rings. The number of thioether (sulfide) groups is 1. The fourth-order valence-electron chi connectivity index (χ4n) is 2.13. The summed E-state index contributed by atoms with van der Waals surface area (Å²) < 4.78 is 0. The molecule has 2 N–H and O–H groups in total. The molecule has 2 heterocycles. The van der Waals surface area contributed by atoms with E-state index >= 15 is 0 Å². The summed E-state index contributed by atoms with van der Waals surface area (Å²) in [5.41, 5.74) is 1.07. The van der Waals surface area contributed by atoms with Gasteiger partial charge in [-0.1, -0.05) is 23.9 Å². The number of benzene rings is 1. The minimum atomic E-state index is -1.82. The monoisotopic (exact) mass is 339 g/mol. The van der Waals surface area contributed by atoms with Crippen LogP contribution >= 0.6 is 11.8 Å². The second kappa shape index (κ2) is 7.09. The summed E-state index contributed by atoms with van der Waals surface area (Å²) in [6.45, 7) is 1.89. The Morgan fingerprint density at radius 3 is 2.61 bits per heavy atom. The van der Waals surface area contributed by atoms with E-state index in [2.05, 4.69) is 9.89 Å². The van der Waals surface area contributed by atoms with Gasteiger partial charge in [0.15, 0.2) is 5.17 Å². The molecule has 1 saturated heterocycles. The van der Waals surface area contributed by atoms with Gasteiger partial charge < -0.3 is 15.1 Å². The van der Waals surface area contributed by atoms with E-state index in [0.29, 0.717) is 0 Å². The van der Waals surface area contributed by atoms with E-state index in [9.17, 15) is 10.1 Å². The van der Waals surface area contributed by atoms with Crippen molar-refractivity contribution in [2.75, 3.05) is 18.8 Å². The number of aliphatic imine (C=N–C) groups is 1. The maximum Gasteiger partial charge on any atom is 0.414 e. The summed E-state index contributed by atoms with van der Waals surface area (Å²) in [6, 6.07) is 6.83. The van der Waals surface area contributed by atoms with Crippen molar-refractivity contribution in [1.29, 1.82) is 0 Å². The Kier molecular flexibility index (Phi) is 5.16. The number of nitrogens with zero attached hydrogens (tertiary/aromatic N) is 3. The Balaban J connectivity index is 0.000000277. The second-order valence-electron chi connectivity index (χ2n) is 4.68. The number of hydrogen-bond acceptors (Lipinski definition) is 7. The van der Waals surface area contributed by atoms with Gasteiger partial charge in [-0.2, -0.15) is 0 Å². The van der Waals surface area contributed by atoms with Crippen molar-refractivity contribution in [3.8, 4) is 0 Å². The lowest BCUT2D eigenvalue weighted by atomic mass is 10.1. The molecule has 9 nitrogen and oxygen atoms in total. The van der Waals surface area contributed by atoms with Crippen molar-refractivity contribution in [3.05, 3.63) is 39.9 Å². The second-order valence-corrected chi connectivity index (χ2v) is 5.75. The molecule has 10 heteroatoms. The average molecular weight is 339 g/mol. The minimum absolute atomic E-state index is 0.0534. The molecule has 0 bridgehead atoms. The molecule has 3 rings (SSSR count). The SMILES string of the molecule is O=C(O)C(=O)O.O=[N+]([O-])c1cccc(C2CN3CCSC3=N2)c1. The van der Waals surface area contributed by atoms with Crippen LogP contribution < -0.4 is 0 Å². The molecule has 1 aromatic rings. The van der Waals surface area contributed by atoms with Crippen LogP contribution in [-0.2, 0) is 9.59 Å². The summed E-state index contributed by atoms with van der Waals surface area (Å²) in [5, 5.41) is 26.6. The van der Waals surface area contributed by atoms with Gasteiger partial charge in [-0.25, -0.2) is 9.59 Å². The van der Waals surface area contributed by atoms with Crippen LogP contribution in [0.5, 0.6) is 0 Å². The van der Waals surface area contributed by atoms with Crippen molar-refractivity contribution in [1.82, 2.24) is 4.90 Å². The largest absolute Gasteiger partial charge is 0.473 e. The van der Waals surface area contributed by atoms with Crippen molar-refractivity contribution in [3.63, 3.8) is 0 Å². The van der Waals surface area contributed by atoms with Gasteiger partial charge in [0.2, 0.25) is 0 Å². The third kappa shape index (κ3) is 4.19. The van der Waals surface area contributed by atoms with Gasteiger partial charge in [-0.05, 0) is 5.56 Å². The maximum absolute atomic E-state index is 10.7. The highest BCUT2D eigenvalue weighted by Crippen LogP contribution is 2.33. The Morgan fingerprint density at radius 2 is 2.04 bits per heavy atom. The fraction of sp³-hybridized carbons (Fsp3) is 0.308.